The number of amides is 1. The number of ether oxygens (including phenoxy) is 1. The highest BCUT2D eigenvalue weighted by atomic mass is 19.4. The van der Waals surface area contributed by atoms with Gasteiger partial charge in [-0.15, -0.1) is 10.2 Å². The van der Waals surface area contributed by atoms with E-state index in [2.05, 4.69) is 25.5 Å². The number of anilines is 1. The van der Waals surface area contributed by atoms with Crippen molar-refractivity contribution in [3.05, 3.63) is 89.4 Å². The predicted octanol–water partition coefficient (Wildman–Crippen LogP) is 4.78. The van der Waals surface area contributed by atoms with E-state index in [0.717, 1.165) is 24.2 Å². The van der Waals surface area contributed by atoms with Gasteiger partial charge < -0.3 is 19.9 Å². The van der Waals surface area contributed by atoms with Gasteiger partial charge in [0.2, 0.25) is 0 Å². The lowest BCUT2D eigenvalue weighted by molar-refractivity contribution is -0.137. The molecule has 11 heteroatoms. The minimum Gasteiger partial charge on any atom is -0.486 e. The number of hydrogen-bond acceptors (Lipinski definition) is 6. The zero-order chi connectivity index (χ0) is 25.7. The Labute approximate surface area is 205 Å². The summed E-state index contributed by atoms with van der Waals surface area (Å²) in [5.74, 6) is 0.481. The number of aromatic amines is 1. The van der Waals surface area contributed by atoms with E-state index in [9.17, 15) is 18.0 Å². The van der Waals surface area contributed by atoms with Gasteiger partial charge in [0.1, 0.15) is 18.1 Å². The van der Waals surface area contributed by atoms with Crippen LogP contribution >= 0.6 is 0 Å². The number of aromatic nitrogens is 4. The summed E-state index contributed by atoms with van der Waals surface area (Å²) in [4.78, 5) is 21.8. The third kappa shape index (κ3) is 6.45. The first-order chi connectivity index (χ1) is 17.2. The Balaban J connectivity index is 1.34. The molecule has 0 spiro atoms. The van der Waals surface area contributed by atoms with Crippen molar-refractivity contribution in [1.29, 1.82) is 0 Å². The molecular formula is C25H23F3N6O2. The number of nitrogens with one attached hydrogen (secondary N) is 2. The van der Waals surface area contributed by atoms with Crippen LogP contribution in [0.25, 0.3) is 11.5 Å². The van der Waals surface area contributed by atoms with Crippen molar-refractivity contribution in [3.63, 3.8) is 0 Å². The molecule has 0 aliphatic rings. The van der Waals surface area contributed by atoms with Crippen molar-refractivity contribution >= 4 is 11.6 Å². The Bertz CT molecular complexity index is 1320. The molecule has 2 N–H and O–H groups in total. The van der Waals surface area contributed by atoms with E-state index >= 15 is 0 Å². The molecule has 2 aromatic carbocycles. The first-order valence-corrected chi connectivity index (χ1v) is 10.9. The summed E-state index contributed by atoms with van der Waals surface area (Å²) in [6, 6.07) is 15.3. The van der Waals surface area contributed by atoms with E-state index in [1.165, 1.54) is 18.3 Å². The van der Waals surface area contributed by atoms with E-state index in [0.29, 0.717) is 28.6 Å². The van der Waals surface area contributed by atoms with Gasteiger partial charge in [0.05, 0.1) is 17.4 Å². The van der Waals surface area contributed by atoms with Crippen molar-refractivity contribution in [2.75, 3.05) is 19.4 Å². The highest BCUT2D eigenvalue weighted by molar-refractivity contribution is 6.04. The SMILES string of the molecule is CN(C)Cc1ccc(C(=O)Nc2ccc(-c3nnc(COc4cccc(C(F)(F)F)c4)[nH]3)nc2)cc1. The number of H-pyrrole nitrogens is 1. The molecule has 0 aliphatic heterocycles. The average Bonchev–Trinajstić information content (AvgIpc) is 3.32. The second kappa shape index (κ2) is 10.6. The summed E-state index contributed by atoms with van der Waals surface area (Å²) in [5.41, 5.74) is 1.82. The molecule has 186 valence electrons. The summed E-state index contributed by atoms with van der Waals surface area (Å²) < 4.78 is 43.9. The molecular weight excluding hydrogens is 473 g/mol. The number of carbonyl (C=O) groups excluding carboxylic acids is 1. The van der Waals surface area contributed by atoms with Crippen molar-refractivity contribution in [2.45, 2.75) is 19.3 Å². The Morgan fingerprint density at radius 2 is 1.83 bits per heavy atom. The molecule has 4 aromatic rings. The van der Waals surface area contributed by atoms with Crippen LogP contribution in [-0.2, 0) is 19.3 Å². The fraction of sp³-hybridized carbons (Fsp3) is 0.200. The topological polar surface area (TPSA) is 96.0 Å². The van der Waals surface area contributed by atoms with E-state index in [-0.39, 0.29) is 18.3 Å². The number of benzene rings is 2. The Kier molecular flexibility index (Phi) is 7.30. The van der Waals surface area contributed by atoms with Crippen LogP contribution in [0.2, 0.25) is 0 Å². The van der Waals surface area contributed by atoms with Crippen molar-refractivity contribution in [3.8, 4) is 17.3 Å². The van der Waals surface area contributed by atoms with Crippen LogP contribution < -0.4 is 10.1 Å². The largest absolute Gasteiger partial charge is 0.486 e. The molecule has 8 nitrogen and oxygen atoms in total. The van der Waals surface area contributed by atoms with Crippen molar-refractivity contribution in [2.24, 2.45) is 0 Å². The van der Waals surface area contributed by atoms with Gasteiger partial charge in [0.25, 0.3) is 5.91 Å². The fourth-order valence-corrected chi connectivity index (χ4v) is 3.33. The van der Waals surface area contributed by atoms with Gasteiger partial charge in [-0.2, -0.15) is 13.2 Å². The summed E-state index contributed by atoms with van der Waals surface area (Å²) in [6.45, 7) is 0.684. The van der Waals surface area contributed by atoms with Crippen LogP contribution in [0, 0.1) is 0 Å². The number of rotatable bonds is 8. The summed E-state index contributed by atoms with van der Waals surface area (Å²) >= 11 is 0. The zero-order valence-corrected chi connectivity index (χ0v) is 19.5. The zero-order valence-electron chi connectivity index (χ0n) is 19.5. The molecule has 0 aliphatic carbocycles. The van der Waals surface area contributed by atoms with Gasteiger partial charge in [0.15, 0.2) is 11.6 Å². The van der Waals surface area contributed by atoms with Crippen molar-refractivity contribution < 1.29 is 22.7 Å². The number of halogens is 3. The van der Waals surface area contributed by atoms with E-state index in [1.807, 2.05) is 31.1 Å². The molecule has 2 aromatic heterocycles. The maximum Gasteiger partial charge on any atom is 0.416 e. The van der Waals surface area contributed by atoms with Crippen LogP contribution in [0.3, 0.4) is 0 Å². The van der Waals surface area contributed by atoms with Gasteiger partial charge in [-0.1, -0.05) is 18.2 Å². The third-order valence-electron chi connectivity index (χ3n) is 5.05. The second-order valence-corrected chi connectivity index (χ2v) is 8.26. The van der Waals surface area contributed by atoms with Crippen LogP contribution in [-0.4, -0.2) is 45.1 Å². The molecule has 0 unspecified atom stereocenters. The molecule has 0 bridgehead atoms. The number of alkyl halides is 3. The van der Waals surface area contributed by atoms with Gasteiger partial charge in [-0.3, -0.25) is 9.78 Å². The predicted molar refractivity (Wildman–Crippen MR) is 127 cm³/mol. The Morgan fingerprint density at radius 1 is 1.06 bits per heavy atom. The summed E-state index contributed by atoms with van der Waals surface area (Å²) in [7, 11) is 3.96. The molecule has 0 saturated carbocycles. The lowest BCUT2D eigenvalue weighted by Crippen LogP contribution is -2.13. The Morgan fingerprint density at radius 3 is 2.50 bits per heavy atom. The summed E-state index contributed by atoms with van der Waals surface area (Å²) in [5, 5.41) is 10.7. The highest BCUT2D eigenvalue weighted by Gasteiger charge is 2.30. The number of carbonyl (C=O) groups is 1. The Hall–Kier alpha value is -4.25. The molecule has 36 heavy (non-hydrogen) atoms. The monoisotopic (exact) mass is 496 g/mol. The molecule has 0 fully saturated rings. The smallest absolute Gasteiger partial charge is 0.416 e. The second-order valence-electron chi connectivity index (χ2n) is 8.26. The lowest BCUT2D eigenvalue weighted by atomic mass is 10.1. The van der Waals surface area contributed by atoms with E-state index in [1.54, 1.807) is 24.3 Å². The first-order valence-electron chi connectivity index (χ1n) is 10.9. The van der Waals surface area contributed by atoms with Gasteiger partial charge in [0, 0.05) is 12.1 Å². The van der Waals surface area contributed by atoms with Crippen molar-refractivity contribution in [1.82, 2.24) is 25.1 Å². The molecule has 0 atom stereocenters. The number of pyridine rings is 1. The maximum absolute atomic E-state index is 12.8. The van der Waals surface area contributed by atoms with E-state index in [4.69, 9.17) is 4.74 Å². The normalized spacial score (nSPS) is 11.5. The van der Waals surface area contributed by atoms with E-state index < -0.39 is 11.7 Å². The van der Waals surface area contributed by atoms with Gasteiger partial charge in [-0.25, -0.2) is 0 Å². The fourth-order valence-electron chi connectivity index (χ4n) is 3.33. The van der Waals surface area contributed by atoms with Crippen LogP contribution in [0.5, 0.6) is 5.75 Å². The average molecular weight is 496 g/mol. The maximum atomic E-state index is 12.8. The standard InChI is InChI=1S/C25H23F3N6O2/c1-34(2)14-16-6-8-17(9-7-16)24(35)30-19-10-11-21(29-13-19)23-31-22(32-33-23)15-36-20-5-3-4-18(12-20)25(26,27)28/h3-13H,14-15H2,1-2H3,(H,30,35)(H,31,32,33). The molecule has 0 radical (unpaired) electrons. The molecule has 4 rings (SSSR count). The van der Waals surface area contributed by atoms with Gasteiger partial charge in [-0.05, 0) is 62.1 Å². The van der Waals surface area contributed by atoms with Crippen LogP contribution in [0.15, 0.2) is 66.9 Å². The quantitative estimate of drug-likeness (QED) is 0.365. The first kappa shape index (κ1) is 24.9. The minimum absolute atomic E-state index is 0.0633. The number of nitrogens with zero attached hydrogens (tertiary/aromatic N) is 4. The van der Waals surface area contributed by atoms with Crippen LogP contribution in [0.1, 0.15) is 27.3 Å². The lowest BCUT2D eigenvalue weighted by Gasteiger charge is -2.10. The highest BCUT2D eigenvalue weighted by Crippen LogP contribution is 2.31. The third-order valence-corrected chi connectivity index (χ3v) is 5.05. The molecule has 0 saturated heterocycles. The summed E-state index contributed by atoms with van der Waals surface area (Å²) in [6.07, 6.45) is -2.96. The van der Waals surface area contributed by atoms with Gasteiger partial charge >= 0.3 is 6.18 Å². The van der Waals surface area contributed by atoms with Crippen LogP contribution in [0.4, 0.5) is 18.9 Å². The number of hydrogen-bond donors (Lipinski definition) is 2. The molecule has 2 heterocycles. The minimum atomic E-state index is -4.45. The molecule has 1 amide bonds.